The molecule has 0 saturated heterocycles. The Morgan fingerprint density at radius 2 is 1.47 bits per heavy atom. The van der Waals surface area contributed by atoms with E-state index in [1.54, 1.807) is 0 Å². The van der Waals surface area contributed by atoms with Gasteiger partial charge in [0.25, 0.3) is 0 Å². The highest BCUT2D eigenvalue weighted by molar-refractivity contribution is 8.02. The summed E-state index contributed by atoms with van der Waals surface area (Å²) >= 11 is 2.04. The third kappa shape index (κ3) is 8.77. The molecule has 0 aliphatic carbocycles. The van der Waals surface area contributed by atoms with Crippen LogP contribution in [-0.4, -0.2) is 5.25 Å². The molecule has 1 aliphatic rings. The van der Waals surface area contributed by atoms with Crippen molar-refractivity contribution in [2.75, 3.05) is 0 Å². The second-order valence-electron chi connectivity index (χ2n) is 5.34. The van der Waals surface area contributed by atoms with Crippen molar-refractivity contribution in [2.24, 2.45) is 0 Å². The summed E-state index contributed by atoms with van der Waals surface area (Å²) < 4.78 is 0. The van der Waals surface area contributed by atoms with E-state index in [9.17, 15) is 0 Å². The van der Waals surface area contributed by atoms with Gasteiger partial charge in [-0.05, 0) is 18.2 Å². The molecule has 0 spiro atoms. The fourth-order valence-corrected chi connectivity index (χ4v) is 3.44. The number of rotatable bonds is 11. The van der Waals surface area contributed by atoms with Crippen molar-refractivity contribution in [1.29, 1.82) is 0 Å². The Morgan fingerprint density at radius 3 is 2.00 bits per heavy atom. The number of allylic oxidation sites excluding steroid dienone is 1. The molecule has 1 unspecified atom stereocenters. The molecule has 0 bridgehead atoms. The zero-order valence-electron chi connectivity index (χ0n) is 11.6. The van der Waals surface area contributed by atoms with E-state index in [0.29, 0.717) is 0 Å². The smallest absolute Gasteiger partial charge is 0.0123 e. The molecule has 0 aromatic heterocycles. The standard InChI is InChI=1S/C16H30S/c1-2-3-4-5-6-7-8-9-10-11-13-16-14-12-15-17-16/h12,15-16H,2-11,13-14H2,1H3. The maximum absolute atomic E-state index is 2.33. The minimum absolute atomic E-state index is 0.920. The van der Waals surface area contributed by atoms with Crippen LogP contribution in [0.3, 0.4) is 0 Å². The molecule has 1 rings (SSSR count). The van der Waals surface area contributed by atoms with Crippen LogP contribution in [0.4, 0.5) is 0 Å². The molecule has 1 heteroatoms. The molecule has 0 saturated carbocycles. The lowest BCUT2D eigenvalue weighted by Gasteiger charge is -2.07. The fraction of sp³-hybridized carbons (Fsp3) is 0.875. The number of thioether (sulfide) groups is 1. The quantitative estimate of drug-likeness (QED) is 0.389. The Labute approximate surface area is 113 Å². The van der Waals surface area contributed by atoms with Crippen molar-refractivity contribution in [2.45, 2.75) is 89.2 Å². The summed E-state index contributed by atoms with van der Waals surface area (Å²) in [6.45, 7) is 2.29. The normalized spacial score (nSPS) is 19.0. The summed E-state index contributed by atoms with van der Waals surface area (Å²) in [6, 6.07) is 0. The van der Waals surface area contributed by atoms with Crippen LogP contribution in [0.5, 0.6) is 0 Å². The van der Waals surface area contributed by atoms with Gasteiger partial charge in [0.05, 0.1) is 0 Å². The van der Waals surface area contributed by atoms with Crippen molar-refractivity contribution >= 4 is 11.8 Å². The summed E-state index contributed by atoms with van der Waals surface area (Å²) in [4.78, 5) is 0. The van der Waals surface area contributed by atoms with Gasteiger partial charge < -0.3 is 0 Å². The third-order valence-electron chi connectivity index (χ3n) is 3.65. The molecule has 0 nitrogen and oxygen atoms in total. The predicted octanol–water partition coefficient (Wildman–Crippen LogP) is 6.32. The van der Waals surface area contributed by atoms with Gasteiger partial charge in [-0.3, -0.25) is 0 Å². The second-order valence-corrected chi connectivity index (χ2v) is 6.55. The van der Waals surface area contributed by atoms with Gasteiger partial charge in [0.1, 0.15) is 0 Å². The monoisotopic (exact) mass is 254 g/mol. The maximum Gasteiger partial charge on any atom is 0.0123 e. The van der Waals surface area contributed by atoms with Crippen LogP contribution in [0.15, 0.2) is 11.5 Å². The van der Waals surface area contributed by atoms with Gasteiger partial charge >= 0.3 is 0 Å². The Kier molecular flexibility index (Phi) is 9.98. The minimum Gasteiger partial charge on any atom is -0.131 e. The van der Waals surface area contributed by atoms with Gasteiger partial charge in [0, 0.05) is 5.25 Å². The van der Waals surface area contributed by atoms with E-state index in [4.69, 9.17) is 0 Å². The lowest BCUT2D eigenvalue weighted by atomic mass is 10.0. The van der Waals surface area contributed by atoms with E-state index in [0.717, 1.165) is 5.25 Å². The van der Waals surface area contributed by atoms with E-state index in [2.05, 4.69) is 18.4 Å². The molecule has 0 radical (unpaired) electrons. The van der Waals surface area contributed by atoms with Crippen molar-refractivity contribution in [1.82, 2.24) is 0 Å². The molecular weight excluding hydrogens is 224 g/mol. The van der Waals surface area contributed by atoms with E-state index in [-0.39, 0.29) is 0 Å². The van der Waals surface area contributed by atoms with Crippen LogP contribution < -0.4 is 0 Å². The molecule has 100 valence electrons. The highest BCUT2D eigenvalue weighted by Crippen LogP contribution is 2.28. The van der Waals surface area contributed by atoms with Crippen molar-refractivity contribution in [3.8, 4) is 0 Å². The predicted molar refractivity (Wildman–Crippen MR) is 81.6 cm³/mol. The van der Waals surface area contributed by atoms with E-state index < -0.39 is 0 Å². The summed E-state index contributed by atoms with van der Waals surface area (Å²) in [5.41, 5.74) is 0. The topological polar surface area (TPSA) is 0 Å². The first-order valence-corrected chi connectivity index (χ1v) is 8.68. The van der Waals surface area contributed by atoms with Crippen LogP contribution in [-0.2, 0) is 0 Å². The number of hydrogen-bond acceptors (Lipinski definition) is 1. The lowest BCUT2D eigenvalue weighted by molar-refractivity contribution is 0.547. The molecule has 0 aromatic carbocycles. The van der Waals surface area contributed by atoms with E-state index in [1.165, 1.54) is 77.0 Å². The number of hydrogen-bond donors (Lipinski definition) is 0. The molecule has 0 aromatic rings. The molecule has 1 aliphatic heterocycles. The SMILES string of the molecule is CCCCCCCCCCCCC1CC=CS1. The van der Waals surface area contributed by atoms with Crippen LogP contribution in [0.1, 0.15) is 84.0 Å². The second kappa shape index (κ2) is 11.2. The highest BCUT2D eigenvalue weighted by atomic mass is 32.2. The third-order valence-corrected chi connectivity index (χ3v) is 4.81. The summed E-state index contributed by atoms with van der Waals surface area (Å²) in [5.74, 6) is 0. The maximum atomic E-state index is 2.33. The van der Waals surface area contributed by atoms with Crippen LogP contribution in [0, 0.1) is 0 Å². The Hall–Kier alpha value is 0.0900. The lowest BCUT2D eigenvalue weighted by Crippen LogP contribution is -1.95. The molecule has 1 heterocycles. The first-order chi connectivity index (χ1) is 8.43. The van der Waals surface area contributed by atoms with E-state index >= 15 is 0 Å². The fourth-order valence-electron chi connectivity index (χ4n) is 2.47. The van der Waals surface area contributed by atoms with Crippen molar-refractivity contribution < 1.29 is 0 Å². The van der Waals surface area contributed by atoms with E-state index in [1.807, 2.05) is 11.8 Å². The molecule has 1 atom stereocenters. The summed E-state index contributed by atoms with van der Waals surface area (Å²) in [6.07, 6.45) is 19.6. The zero-order chi connectivity index (χ0) is 12.2. The van der Waals surface area contributed by atoms with Crippen molar-refractivity contribution in [3.05, 3.63) is 11.5 Å². The molecular formula is C16H30S. The molecule has 17 heavy (non-hydrogen) atoms. The molecule has 0 N–H and O–H groups in total. The first-order valence-electron chi connectivity index (χ1n) is 7.74. The van der Waals surface area contributed by atoms with Crippen LogP contribution in [0.25, 0.3) is 0 Å². The Morgan fingerprint density at radius 1 is 0.882 bits per heavy atom. The van der Waals surface area contributed by atoms with Gasteiger partial charge in [0.15, 0.2) is 0 Å². The van der Waals surface area contributed by atoms with Gasteiger partial charge in [0.2, 0.25) is 0 Å². The van der Waals surface area contributed by atoms with Gasteiger partial charge in [-0.25, -0.2) is 0 Å². The van der Waals surface area contributed by atoms with Crippen molar-refractivity contribution in [3.63, 3.8) is 0 Å². The Balaban J connectivity index is 1.69. The average molecular weight is 254 g/mol. The van der Waals surface area contributed by atoms with Gasteiger partial charge in [-0.1, -0.05) is 77.2 Å². The average Bonchev–Trinajstić information content (AvgIpc) is 2.85. The van der Waals surface area contributed by atoms with Gasteiger partial charge in [-0.15, -0.1) is 11.8 Å². The molecule has 0 amide bonds. The minimum atomic E-state index is 0.920. The van der Waals surface area contributed by atoms with Crippen LogP contribution >= 0.6 is 11.8 Å². The largest absolute Gasteiger partial charge is 0.131 e. The zero-order valence-corrected chi connectivity index (χ0v) is 12.4. The first kappa shape index (κ1) is 15.1. The Bertz CT molecular complexity index is 178. The van der Waals surface area contributed by atoms with Crippen LogP contribution in [0.2, 0.25) is 0 Å². The number of unbranched alkanes of at least 4 members (excludes halogenated alkanes) is 9. The summed E-state index contributed by atoms with van der Waals surface area (Å²) in [5, 5.41) is 3.20. The van der Waals surface area contributed by atoms with Gasteiger partial charge in [-0.2, -0.15) is 0 Å². The molecule has 0 fully saturated rings. The summed E-state index contributed by atoms with van der Waals surface area (Å²) in [7, 11) is 0. The highest BCUT2D eigenvalue weighted by Gasteiger charge is 2.09.